The molecule has 3 aromatic heterocycles. The summed E-state index contributed by atoms with van der Waals surface area (Å²) >= 11 is 0. The van der Waals surface area contributed by atoms with Crippen LogP contribution in [0.5, 0.6) is 17.2 Å². The van der Waals surface area contributed by atoms with E-state index in [-0.39, 0.29) is 11.7 Å². The lowest BCUT2D eigenvalue weighted by molar-refractivity contribution is 0.0963. The highest BCUT2D eigenvalue weighted by atomic mass is 16.3. The predicted molar refractivity (Wildman–Crippen MR) is 421 cm³/mol. The number of aromatic nitrogens is 6. The van der Waals surface area contributed by atoms with Crippen molar-refractivity contribution in [1.82, 2.24) is 29.1 Å². The van der Waals surface area contributed by atoms with Crippen molar-refractivity contribution in [1.29, 1.82) is 0 Å². The van der Waals surface area contributed by atoms with E-state index in [0.29, 0.717) is 29.3 Å². The van der Waals surface area contributed by atoms with Crippen molar-refractivity contribution < 1.29 is 20.1 Å². The first-order valence-corrected chi connectivity index (χ1v) is 34.8. The van der Waals surface area contributed by atoms with E-state index in [4.69, 9.17) is 15.0 Å². The quantitative estimate of drug-likeness (QED) is 0.0616. The minimum atomic E-state index is -0.140. The van der Waals surface area contributed by atoms with Crippen LogP contribution in [0.15, 0.2) is 231 Å². The molecule has 0 atom stereocenters. The molecule has 13 rings (SSSR count). The van der Waals surface area contributed by atoms with Gasteiger partial charge in [0.2, 0.25) is 0 Å². The molecule has 0 amide bonds. The fourth-order valence-electron chi connectivity index (χ4n) is 13.1. The number of hydrogen-bond donors (Lipinski definition) is 4. The molecular formula is C89H93N9O4. The number of benzene rings is 10. The average Bonchev–Trinajstić information content (AvgIpc) is 1.61. The van der Waals surface area contributed by atoms with Gasteiger partial charge in [-0.1, -0.05) is 146 Å². The largest absolute Gasteiger partial charge is 0.507 e. The normalized spacial score (nSPS) is 11.0. The van der Waals surface area contributed by atoms with Crippen LogP contribution < -0.4 is 14.7 Å². The molecule has 13 aromatic rings. The van der Waals surface area contributed by atoms with E-state index >= 15 is 0 Å². The van der Waals surface area contributed by atoms with Crippen LogP contribution in [0, 0.1) is 41.5 Å². The summed E-state index contributed by atoms with van der Waals surface area (Å²) in [4.78, 5) is 39.3. The smallest absolute Gasteiger partial charge is 0.264 e. The van der Waals surface area contributed by atoms with Crippen LogP contribution in [0.4, 0.5) is 17.1 Å². The molecule has 0 radical (unpaired) electrons. The van der Waals surface area contributed by atoms with Crippen molar-refractivity contribution in [2.45, 2.75) is 80.1 Å². The Hall–Kier alpha value is -11.7. The number of nitrogens with one attached hydrogen (secondary N) is 1. The maximum atomic E-state index is 14.2. The first-order chi connectivity index (χ1) is 49.1. The van der Waals surface area contributed by atoms with Crippen molar-refractivity contribution in [3.8, 4) is 85.2 Å². The number of phenols is 3. The number of rotatable bonds is 19. The van der Waals surface area contributed by atoms with Gasteiger partial charge in [0.1, 0.15) is 34.7 Å². The van der Waals surface area contributed by atoms with Crippen LogP contribution in [0.3, 0.4) is 0 Å². The van der Waals surface area contributed by atoms with Crippen LogP contribution >= 0.6 is 0 Å². The van der Waals surface area contributed by atoms with Crippen molar-refractivity contribution in [2.24, 2.45) is 7.05 Å². The van der Waals surface area contributed by atoms with Gasteiger partial charge in [-0.15, -0.1) is 0 Å². The zero-order valence-electron chi connectivity index (χ0n) is 61.0. The monoisotopic (exact) mass is 1350 g/mol. The number of H-pyrrole nitrogens is 1. The molecule has 13 heteroatoms. The number of imidazole rings is 3. The van der Waals surface area contributed by atoms with E-state index in [1.165, 1.54) is 22.4 Å². The zero-order chi connectivity index (χ0) is 72.3. The van der Waals surface area contributed by atoms with Crippen LogP contribution in [-0.2, 0) is 45.6 Å². The minimum Gasteiger partial charge on any atom is -0.507 e. The minimum absolute atomic E-state index is 0.140. The van der Waals surface area contributed by atoms with Crippen LogP contribution in [0.2, 0.25) is 0 Å². The summed E-state index contributed by atoms with van der Waals surface area (Å²) in [6.07, 6.45) is 5.09. The third-order valence-electron chi connectivity index (χ3n) is 18.8. The summed E-state index contributed by atoms with van der Waals surface area (Å²) in [5, 5.41) is 30.9. The van der Waals surface area contributed by atoms with Crippen LogP contribution in [0.25, 0.3) is 67.9 Å². The molecule has 0 aliphatic rings. The summed E-state index contributed by atoms with van der Waals surface area (Å²) in [7, 11) is 14.3. The van der Waals surface area contributed by atoms with E-state index in [1.54, 1.807) is 4.57 Å². The zero-order valence-corrected chi connectivity index (χ0v) is 61.0. The second-order valence-electron chi connectivity index (χ2n) is 27.1. The van der Waals surface area contributed by atoms with E-state index in [1.807, 2.05) is 161 Å². The van der Waals surface area contributed by atoms with Gasteiger partial charge in [-0.3, -0.25) is 9.36 Å². The SMILES string of the molecule is Cc1cc(-c2nc(-c3ccc(N(C)C)cc3)c(CCc3ccccc3)[nH]2)cc(C)c1O.Cc1cc(-c2nc(CCc3ccccc3)c(-c3ccc(N(C)C)cc3)n2C(=O)c2ccccc2)cc(C)c1O.Cc1cc(-c2nc(CCc3ccccc3)c(-c3ccc(N(C)C)cc3)n2C)cc(C)c1O. The number of nitrogens with zero attached hydrogens (tertiary/aromatic N) is 8. The van der Waals surface area contributed by atoms with E-state index < -0.39 is 0 Å². The van der Waals surface area contributed by atoms with E-state index in [2.05, 4.69) is 185 Å². The molecule has 0 saturated carbocycles. The molecule has 0 unspecified atom stereocenters. The number of aromatic hydroxyl groups is 3. The molecule has 0 aliphatic carbocycles. The second kappa shape index (κ2) is 32.1. The van der Waals surface area contributed by atoms with Gasteiger partial charge in [-0.25, -0.2) is 15.0 Å². The summed E-state index contributed by atoms with van der Waals surface area (Å²) in [5.41, 5.74) is 24.8. The van der Waals surface area contributed by atoms with Gasteiger partial charge in [0.25, 0.3) is 5.91 Å². The van der Waals surface area contributed by atoms with Crippen LogP contribution in [0.1, 0.15) is 77.5 Å². The molecule has 518 valence electrons. The number of phenolic OH excluding ortho intramolecular Hbond substituents is 3. The highest BCUT2D eigenvalue weighted by Crippen LogP contribution is 2.39. The highest BCUT2D eigenvalue weighted by Gasteiger charge is 2.27. The topological polar surface area (TPSA) is 152 Å². The first-order valence-electron chi connectivity index (χ1n) is 34.8. The summed E-state index contributed by atoms with van der Waals surface area (Å²) in [6.45, 7) is 11.5. The summed E-state index contributed by atoms with van der Waals surface area (Å²) < 4.78 is 3.95. The van der Waals surface area contributed by atoms with Gasteiger partial charge in [0.05, 0.1) is 28.5 Å². The predicted octanol–water partition coefficient (Wildman–Crippen LogP) is 18.9. The number of aromatic amines is 1. The lowest BCUT2D eigenvalue weighted by Gasteiger charge is -2.15. The van der Waals surface area contributed by atoms with Gasteiger partial charge >= 0.3 is 0 Å². The molecule has 102 heavy (non-hydrogen) atoms. The van der Waals surface area contributed by atoms with Crippen molar-refractivity contribution >= 4 is 23.0 Å². The maximum absolute atomic E-state index is 14.2. The fourth-order valence-corrected chi connectivity index (χ4v) is 13.1. The Kier molecular flexibility index (Phi) is 22.5. The van der Waals surface area contributed by atoms with Gasteiger partial charge < -0.3 is 39.6 Å². The number of aryl methyl sites for hydroxylation is 12. The molecule has 0 fully saturated rings. The standard InChI is InChI=1S/C34H33N3O2.C28H31N3O.C27H29N3O/c1-23-21-28(22-24(2)32(23)38)33-35-30(20-15-25-11-7-5-8-12-25)31(26-16-18-29(19-17-26)36(3)4)37(33)34(39)27-13-9-6-10-14-27;1-19-17-23(18-20(2)27(19)32)28-29-25(16-11-21-9-7-6-8-10-21)26(31(28)5)22-12-14-24(15-13-22)30(3)4;1-18-16-22(17-19(2)26(18)31)27-28-24(15-10-20-8-6-5-7-9-20)25(29-27)21-11-13-23(14-12-21)30(3)4/h5-14,16-19,21-22,38H,15,20H2,1-4H3;6-10,12-15,17-18,32H,11,16H2,1-5H3;5-9,11-14,16-17,31H,10,15H2,1-4H3,(H,28,29). The Balaban J connectivity index is 0.000000155. The Morgan fingerprint density at radius 2 is 0.706 bits per heavy atom. The Labute approximate surface area is 601 Å². The van der Waals surface area contributed by atoms with Crippen LogP contribution in [-0.4, -0.2) is 92.6 Å². The highest BCUT2D eigenvalue weighted by molar-refractivity contribution is 6.01. The number of anilines is 3. The lowest BCUT2D eigenvalue weighted by Crippen LogP contribution is -2.15. The first kappa shape index (κ1) is 71.6. The fraction of sp³-hybridized carbons (Fsp3) is 0.213. The van der Waals surface area contributed by atoms with Gasteiger partial charge in [0.15, 0.2) is 0 Å². The molecule has 4 N–H and O–H groups in total. The number of hydrogen-bond acceptors (Lipinski definition) is 10. The molecule has 0 spiro atoms. The molecule has 13 nitrogen and oxygen atoms in total. The molecular weight excluding hydrogens is 1260 g/mol. The molecule has 10 aromatic carbocycles. The number of carbonyl (C=O) groups excluding carboxylic acids is 1. The Morgan fingerprint density at radius 1 is 0.373 bits per heavy atom. The molecule has 0 saturated heterocycles. The second-order valence-corrected chi connectivity index (χ2v) is 27.1. The van der Waals surface area contributed by atoms with E-state index in [9.17, 15) is 20.1 Å². The molecule has 3 heterocycles. The van der Waals surface area contributed by atoms with Gasteiger partial charge in [-0.2, -0.15) is 0 Å². The average molecular weight is 1350 g/mol. The van der Waals surface area contributed by atoms with Crippen molar-refractivity contribution in [3.05, 3.63) is 303 Å². The summed E-state index contributed by atoms with van der Waals surface area (Å²) in [5.74, 6) is 3.15. The molecule has 0 bridgehead atoms. The Bertz CT molecular complexity index is 4930. The Morgan fingerprint density at radius 3 is 1.11 bits per heavy atom. The van der Waals surface area contributed by atoms with E-state index in [0.717, 1.165) is 156 Å². The van der Waals surface area contributed by atoms with Crippen molar-refractivity contribution in [3.63, 3.8) is 0 Å². The molecule has 0 aliphatic heterocycles. The summed E-state index contributed by atoms with van der Waals surface area (Å²) in [6, 6.07) is 78.0. The van der Waals surface area contributed by atoms with Gasteiger partial charge in [-0.05, 0) is 215 Å². The third-order valence-corrected chi connectivity index (χ3v) is 18.8. The van der Waals surface area contributed by atoms with Gasteiger partial charge in [0, 0.05) is 111 Å². The van der Waals surface area contributed by atoms with Crippen molar-refractivity contribution in [2.75, 3.05) is 57.0 Å². The number of carbonyl (C=O) groups is 1. The maximum Gasteiger partial charge on any atom is 0.264 e. The third kappa shape index (κ3) is 16.6. The lowest BCUT2D eigenvalue weighted by atomic mass is 10.0.